The molecule has 3 aromatic rings. The van der Waals surface area contributed by atoms with Crippen molar-refractivity contribution in [3.63, 3.8) is 0 Å². The lowest BCUT2D eigenvalue weighted by Gasteiger charge is -2.35. The molecular weight excluding hydrogens is 389 g/mol. The van der Waals surface area contributed by atoms with Crippen molar-refractivity contribution in [1.82, 2.24) is 14.8 Å². The molecule has 0 aliphatic rings. The molecule has 0 saturated carbocycles. The Morgan fingerprint density at radius 1 is 1.05 bits per heavy atom. The van der Waals surface area contributed by atoms with Gasteiger partial charge < -0.3 is 5.11 Å². The number of aromatic nitrogens is 3. The van der Waals surface area contributed by atoms with E-state index in [1.165, 1.54) is 6.33 Å². The van der Waals surface area contributed by atoms with Crippen LogP contribution in [0.15, 0.2) is 67.3 Å². The van der Waals surface area contributed by atoms with E-state index < -0.39 is 5.60 Å². The molecule has 0 bridgehead atoms. The van der Waals surface area contributed by atoms with Crippen molar-refractivity contribution in [2.24, 2.45) is 0 Å². The summed E-state index contributed by atoms with van der Waals surface area (Å²) in [6, 6.07) is 17.3. The minimum absolute atomic E-state index is 0.294. The number of hydrogen-bond donors (Lipinski definition) is 1. The molecule has 2 unspecified atom stereocenters. The van der Waals surface area contributed by atoms with Crippen molar-refractivity contribution in [2.45, 2.75) is 18.6 Å². The molecule has 2 aromatic carbocycles. The van der Waals surface area contributed by atoms with E-state index in [-0.39, 0.29) is 6.04 Å². The van der Waals surface area contributed by atoms with Gasteiger partial charge in [-0.25, -0.2) is 9.67 Å². The molecule has 0 fully saturated rings. The van der Waals surface area contributed by atoms with Crippen LogP contribution in [0.1, 0.15) is 24.1 Å². The molecule has 1 heterocycles. The van der Waals surface area contributed by atoms with Crippen molar-refractivity contribution >= 4 is 22.6 Å². The van der Waals surface area contributed by atoms with E-state index in [2.05, 4.69) is 32.7 Å². The first-order chi connectivity index (χ1) is 10.6. The molecule has 1 aromatic heterocycles. The Morgan fingerprint density at radius 2 is 1.68 bits per heavy atom. The topological polar surface area (TPSA) is 50.9 Å². The van der Waals surface area contributed by atoms with Crippen LogP contribution < -0.4 is 0 Å². The minimum atomic E-state index is -1.18. The van der Waals surface area contributed by atoms with Gasteiger partial charge in [-0.2, -0.15) is 5.10 Å². The first-order valence-corrected chi connectivity index (χ1v) is 8.08. The molecule has 1 N–H and O–H groups in total. The summed E-state index contributed by atoms with van der Waals surface area (Å²) in [6.07, 6.45) is 3.11. The Labute approximate surface area is 143 Å². The highest BCUT2D eigenvalue weighted by molar-refractivity contribution is 14.1. The van der Waals surface area contributed by atoms with Crippen LogP contribution in [0.2, 0.25) is 0 Å². The molecule has 0 spiro atoms. The van der Waals surface area contributed by atoms with Crippen LogP contribution >= 0.6 is 22.6 Å². The summed E-state index contributed by atoms with van der Waals surface area (Å²) < 4.78 is 2.82. The Morgan fingerprint density at radius 3 is 2.27 bits per heavy atom. The lowest BCUT2D eigenvalue weighted by molar-refractivity contribution is 0.0246. The molecule has 112 valence electrons. The monoisotopic (exact) mass is 405 g/mol. The number of rotatable bonds is 4. The van der Waals surface area contributed by atoms with Crippen LogP contribution in [0.3, 0.4) is 0 Å². The minimum Gasteiger partial charge on any atom is -0.378 e. The van der Waals surface area contributed by atoms with Gasteiger partial charge in [0.1, 0.15) is 18.3 Å². The first kappa shape index (κ1) is 15.2. The van der Waals surface area contributed by atoms with E-state index in [9.17, 15) is 5.11 Å². The second-order valence-electron chi connectivity index (χ2n) is 5.19. The van der Waals surface area contributed by atoms with Crippen LogP contribution in [-0.2, 0) is 5.60 Å². The highest BCUT2D eigenvalue weighted by Crippen LogP contribution is 2.39. The summed E-state index contributed by atoms with van der Waals surface area (Å²) in [6.45, 7) is 1.94. The van der Waals surface area contributed by atoms with Crippen LogP contribution in [0.5, 0.6) is 0 Å². The zero-order chi connectivity index (χ0) is 15.6. The third-order valence-corrected chi connectivity index (χ3v) is 4.66. The van der Waals surface area contributed by atoms with Gasteiger partial charge in [0.05, 0.1) is 6.04 Å². The van der Waals surface area contributed by atoms with Gasteiger partial charge in [-0.15, -0.1) is 0 Å². The molecule has 5 heteroatoms. The van der Waals surface area contributed by atoms with Gasteiger partial charge in [-0.1, -0.05) is 42.5 Å². The van der Waals surface area contributed by atoms with E-state index in [1.54, 1.807) is 11.0 Å². The van der Waals surface area contributed by atoms with Crippen LogP contribution in [0, 0.1) is 3.57 Å². The Kier molecular flexibility index (Phi) is 4.26. The quantitative estimate of drug-likeness (QED) is 0.678. The first-order valence-electron chi connectivity index (χ1n) is 7.00. The fourth-order valence-corrected chi connectivity index (χ4v) is 3.01. The summed E-state index contributed by atoms with van der Waals surface area (Å²) in [5, 5.41) is 15.8. The van der Waals surface area contributed by atoms with Gasteiger partial charge in [-0.05, 0) is 52.8 Å². The Balaban J connectivity index is 2.16. The highest BCUT2D eigenvalue weighted by Gasteiger charge is 2.39. The van der Waals surface area contributed by atoms with Gasteiger partial charge in [0, 0.05) is 3.57 Å². The number of halogens is 1. The molecular formula is C17H16IN3O. The van der Waals surface area contributed by atoms with Gasteiger partial charge in [0.2, 0.25) is 0 Å². The smallest absolute Gasteiger partial charge is 0.137 e. The fourth-order valence-electron chi connectivity index (χ4n) is 2.65. The molecule has 0 radical (unpaired) electrons. The van der Waals surface area contributed by atoms with Crippen molar-refractivity contribution in [3.8, 4) is 0 Å². The number of nitrogens with zero attached hydrogens (tertiary/aromatic N) is 3. The van der Waals surface area contributed by atoms with Gasteiger partial charge in [0.15, 0.2) is 0 Å². The van der Waals surface area contributed by atoms with Crippen molar-refractivity contribution < 1.29 is 5.11 Å². The summed E-state index contributed by atoms with van der Waals surface area (Å²) >= 11 is 2.26. The molecule has 2 atom stereocenters. The maximum atomic E-state index is 11.6. The summed E-state index contributed by atoms with van der Waals surface area (Å²) in [5.74, 6) is 0. The van der Waals surface area contributed by atoms with Crippen molar-refractivity contribution in [3.05, 3.63) is 81.9 Å². The van der Waals surface area contributed by atoms with Crippen LogP contribution in [-0.4, -0.2) is 19.9 Å². The number of aliphatic hydroxyl groups is 1. The predicted octanol–water partition coefficient (Wildman–Crippen LogP) is 3.38. The molecule has 22 heavy (non-hydrogen) atoms. The normalized spacial score (nSPS) is 15.2. The largest absolute Gasteiger partial charge is 0.378 e. The van der Waals surface area contributed by atoms with Crippen molar-refractivity contribution in [1.29, 1.82) is 0 Å². The van der Waals surface area contributed by atoms with E-state index in [4.69, 9.17) is 0 Å². The SMILES string of the molecule is CC(n1cncn1)C(O)(c1ccccc1)c1ccc(I)cc1. The Hall–Kier alpha value is -1.73. The standard InChI is InChI=1S/C17H16IN3O/c1-13(21-12-19-11-20-21)17(22,14-5-3-2-4-6-14)15-7-9-16(18)10-8-15/h2-13,22H,1H3. The van der Waals surface area contributed by atoms with Gasteiger partial charge in [-0.3, -0.25) is 0 Å². The van der Waals surface area contributed by atoms with Gasteiger partial charge in [0.25, 0.3) is 0 Å². The summed E-state index contributed by atoms with van der Waals surface area (Å²) in [5.41, 5.74) is 0.487. The van der Waals surface area contributed by atoms with E-state index >= 15 is 0 Å². The number of benzene rings is 2. The maximum absolute atomic E-state index is 11.6. The molecule has 4 nitrogen and oxygen atoms in total. The third-order valence-electron chi connectivity index (χ3n) is 3.94. The summed E-state index contributed by atoms with van der Waals surface area (Å²) in [7, 11) is 0. The van der Waals surface area contributed by atoms with Gasteiger partial charge >= 0.3 is 0 Å². The fraction of sp³-hybridized carbons (Fsp3) is 0.176. The average molecular weight is 405 g/mol. The van der Waals surface area contributed by atoms with Crippen LogP contribution in [0.4, 0.5) is 0 Å². The lowest BCUT2D eigenvalue weighted by atomic mass is 9.81. The zero-order valence-electron chi connectivity index (χ0n) is 12.1. The second kappa shape index (κ2) is 6.18. The third kappa shape index (κ3) is 2.66. The van der Waals surface area contributed by atoms with Crippen molar-refractivity contribution in [2.75, 3.05) is 0 Å². The van der Waals surface area contributed by atoms with E-state index in [0.29, 0.717) is 0 Å². The molecule has 0 aliphatic carbocycles. The zero-order valence-corrected chi connectivity index (χ0v) is 14.3. The summed E-state index contributed by atoms with van der Waals surface area (Å²) in [4.78, 5) is 4.00. The Bertz CT molecular complexity index is 728. The highest BCUT2D eigenvalue weighted by atomic mass is 127. The number of hydrogen-bond acceptors (Lipinski definition) is 3. The predicted molar refractivity (Wildman–Crippen MR) is 93.3 cm³/mol. The lowest BCUT2D eigenvalue weighted by Crippen LogP contribution is -2.37. The van der Waals surface area contributed by atoms with E-state index in [1.807, 2.05) is 61.5 Å². The molecule has 0 saturated heterocycles. The molecule has 3 rings (SSSR count). The molecule has 0 aliphatic heterocycles. The maximum Gasteiger partial charge on any atom is 0.137 e. The van der Waals surface area contributed by atoms with E-state index in [0.717, 1.165) is 14.7 Å². The average Bonchev–Trinajstić information content (AvgIpc) is 3.09. The molecule has 0 amide bonds. The second-order valence-corrected chi connectivity index (χ2v) is 6.44. The van der Waals surface area contributed by atoms with Crippen LogP contribution in [0.25, 0.3) is 0 Å².